The minimum atomic E-state index is -1.12. The van der Waals surface area contributed by atoms with Crippen LogP contribution in [0.25, 0.3) is 0 Å². The number of thiol groups is 1. The summed E-state index contributed by atoms with van der Waals surface area (Å²) in [5.74, 6) is -0.831. The van der Waals surface area contributed by atoms with Gasteiger partial charge in [0.2, 0.25) is 0 Å². The third-order valence-electron chi connectivity index (χ3n) is 13.2. The van der Waals surface area contributed by atoms with Crippen LogP contribution in [0.2, 0.25) is 12.6 Å². The second kappa shape index (κ2) is 28.9. The average molecular weight is 1060 g/mol. The summed E-state index contributed by atoms with van der Waals surface area (Å²) in [7, 11) is 2.21. The molecule has 2 amide bonds. The Balaban J connectivity index is 0. The molecule has 4 heterocycles. The zero-order valence-corrected chi connectivity index (χ0v) is 49.7. The van der Waals surface area contributed by atoms with Crippen LogP contribution < -0.4 is 29.6 Å². The summed E-state index contributed by atoms with van der Waals surface area (Å²) in [4.78, 5) is 54.6. The number of alkyl halides is 1. The molecule has 388 valence electrons. The van der Waals surface area contributed by atoms with Gasteiger partial charge in [0, 0.05) is 19.8 Å². The molecule has 19 heteroatoms. The molecule has 4 unspecified atom stereocenters. The van der Waals surface area contributed by atoms with Gasteiger partial charge >= 0.3 is 67.9 Å². The zero-order chi connectivity index (χ0) is 52.5. The number of piperidine rings is 2. The van der Waals surface area contributed by atoms with Crippen molar-refractivity contribution in [3.8, 4) is 0 Å². The first-order chi connectivity index (χ1) is 31.3. The van der Waals surface area contributed by atoms with Gasteiger partial charge in [0.15, 0.2) is 0 Å². The van der Waals surface area contributed by atoms with E-state index in [1.165, 1.54) is 14.2 Å². The van der Waals surface area contributed by atoms with Crippen molar-refractivity contribution in [3.05, 3.63) is 25.3 Å². The maximum absolute atomic E-state index is 13.2. The SMILES string of the molecule is C=CCBr.C=CCC1(C(=O)OC)C(CCCB2OC(C)(C)C(C)(C)O2)CCCN1C(=O)OC(C)(C)C.COC(=O)C1C(CCCB2OC(C)(C)C(C)(C)O2)CCCN1C(=O)OC(C)(C)C.[2H]CS.[H-].[Na+]. The Labute approximate surface area is 451 Å². The third kappa shape index (κ3) is 19.0. The fourth-order valence-electron chi connectivity index (χ4n) is 8.73. The van der Waals surface area contributed by atoms with Gasteiger partial charge in [0.1, 0.15) is 22.8 Å². The number of ether oxygens (including phenoxy) is 4. The molecule has 68 heavy (non-hydrogen) atoms. The van der Waals surface area contributed by atoms with Gasteiger partial charge in [0.05, 0.1) is 36.6 Å². The second-order valence-corrected chi connectivity index (χ2v) is 22.2. The molecule has 4 aliphatic heterocycles. The summed E-state index contributed by atoms with van der Waals surface area (Å²) in [6, 6.07) is -0.609. The van der Waals surface area contributed by atoms with Gasteiger partial charge in [-0.25, -0.2) is 19.2 Å². The number of rotatable bonds is 13. The van der Waals surface area contributed by atoms with E-state index >= 15 is 0 Å². The minimum absolute atomic E-state index is 0. The fourth-order valence-corrected chi connectivity index (χ4v) is 8.73. The van der Waals surface area contributed by atoms with E-state index in [1.54, 1.807) is 22.0 Å². The van der Waals surface area contributed by atoms with Crippen LogP contribution in [-0.2, 0) is 47.2 Å². The number of esters is 2. The Morgan fingerprint density at radius 1 is 0.765 bits per heavy atom. The van der Waals surface area contributed by atoms with Gasteiger partial charge in [-0.2, -0.15) is 12.6 Å². The summed E-state index contributed by atoms with van der Waals surface area (Å²) in [6.07, 6.45) is 11.1. The normalized spacial score (nSPS) is 24.7. The van der Waals surface area contributed by atoms with E-state index in [9.17, 15) is 19.2 Å². The Kier molecular flexibility index (Phi) is 27.5. The zero-order valence-electron chi connectivity index (χ0n) is 47.2. The molecule has 4 atom stereocenters. The van der Waals surface area contributed by atoms with Crippen molar-refractivity contribution in [3.63, 3.8) is 0 Å². The van der Waals surface area contributed by atoms with Gasteiger partial charge in [-0.15, -0.1) is 13.2 Å². The Morgan fingerprint density at radius 2 is 1.19 bits per heavy atom. The summed E-state index contributed by atoms with van der Waals surface area (Å²) in [5.41, 5.74) is -3.80. The summed E-state index contributed by atoms with van der Waals surface area (Å²) >= 11 is 6.59. The Morgan fingerprint density at radius 3 is 1.59 bits per heavy atom. The van der Waals surface area contributed by atoms with Crippen LogP contribution >= 0.6 is 28.6 Å². The predicted octanol–water partition coefficient (Wildman–Crippen LogP) is 8.27. The number of nitrogens with zero attached hydrogens (tertiary/aromatic N) is 2. The second-order valence-electron chi connectivity index (χ2n) is 21.6. The summed E-state index contributed by atoms with van der Waals surface area (Å²) in [5, 5.41) is 0.896. The number of allylic oxidation sites excluding steroid dienone is 1. The van der Waals surface area contributed by atoms with Crippen molar-refractivity contribution in [2.75, 3.05) is 38.9 Å². The number of amides is 2. The molecule has 0 aromatic carbocycles. The predicted molar refractivity (Wildman–Crippen MR) is 277 cm³/mol. The van der Waals surface area contributed by atoms with Crippen LogP contribution in [0.4, 0.5) is 9.59 Å². The van der Waals surface area contributed by atoms with Gasteiger partial charge in [0.25, 0.3) is 0 Å². The summed E-state index contributed by atoms with van der Waals surface area (Å²) in [6.45, 7) is 35.5. The smallest absolute Gasteiger partial charge is 1.00 e. The van der Waals surface area contributed by atoms with Crippen molar-refractivity contribution in [1.82, 2.24) is 9.80 Å². The van der Waals surface area contributed by atoms with Crippen molar-refractivity contribution in [2.24, 2.45) is 11.8 Å². The first-order valence-electron chi connectivity index (χ1n) is 24.6. The van der Waals surface area contributed by atoms with Crippen LogP contribution in [-0.4, -0.2) is 132 Å². The van der Waals surface area contributed by atoms with Crippen LogP contribution in [0.5, 0.6) is 0 Å². The minimum Gasteiger partial charge on any atom is -1.00 e. The molecule has 0 spiro atoms. The molecule has 4 fully saturated rings. The van der Waals surface area contributed by atoms with Crippen molar-refractivity contribution < 1.29 is 89.1 Å². The number of carbonyl (C=O) groups is 4. The molecule has 0 aliphatic carbocycles. The van der Waals surface area contributed by atoms with E-state index in [4.69, 9.17) is 38.9 Å². The van der Waals surface area contributed by atoms with E-state index in [0.717, 1.165) is 69.3 Å². The largest absolute Gasteiger partial charge is 1.00 e. The van der Waals surface area contributed by atoms with E-state index < -0.39 is 40.9 Å². The number of likely N-dealkylation sites (tertiary alicyclic amines) is 2. The van der Waals surface area contributed by atoms with Gasteiger partial charge < -0.3 is 39.0 Å². The van der Waals surface area contributed by atoms with Crippen LogP contribution in [0, 0.1) is 11.8 Å². The standard InChI is InChI=1S/C24H42BNO6.C21H38BNO6.C3H5Br.CH4S.Na.H/c1-10-15-24(19(27)29-9)18(14-12-17-26(24)20(28)30-21(2,3)4)13-11-16-25-31-22(5,6)23(7,8)32-25;1-19(2,3)27-18(25)23-14-10-12-15(16(23)17(24)26-8)11-9-13-22-28-20(4,5)21(6,7)29-22;1-2-3-4;1-2;;/h10,18H,1,11-17H2,2-9H3;15-16H,9-14H2,1-8H3;2H,1,3H2;2H,1H3;;/q;;;;+1;-1/i;;;1D;;. The number of carbonyl (C=O) groups excluding carboxylic acids is 4. The van der Waals surface area contributed by atoms with Crippen LogP contribution in [0.15, 0.2) is 25.3 Å². The first kappa shape index (κ1) is 64.8. The Hall–Kier alpha value is -1.24. The number of methoxy groups -OCH3 is 2. The van der Waals surface area contributed by atoms with Crippen LogP contribution in [0.3, 0.4) is 0 Å². The number of halogens is 1. The number of hydrogen-bond donors (Lipinski definition) is 1. The maximum Gasteiger partial charge on any atom is 1.00 e. The molecule has 0 saturated carbocycles. The molecule has 4 saturated heterocycles. The molecule has 0 aromatic rings. The van der Waals surface area contributed by atoms with Crippen LogP contribution in [0.1, 0.15) is 158 Å². The quantitative estimate of drug-likeness (QED) is 0.0473. The van der Waals surface area contributed by atoms with E-state index in [1.807, 2.05) is 96.9 Å². The summed E-state index contributed by atoms with van der Waals surface area (Å²) < 4.78 is 51.9. The van der Waals surface area contributed by atoms with Gasteiger partial charge in [-0.1, -0.05) is 40.9 Å². The first-order valence-corrected chi connectivity index (χ1v) is 25.6. The van der Waals surface area contributed by atoms with Gasteiger partial charge in [-0.05, 0) is 173 Å². The number of hydrogen-bond acceptors (Lipinski definition) is 13. The van der Waals surface area contributed by atoms with E-state index in [0.29, 0.717) is 19.5 Å². The molecule has 0 aromatic heterocycles. The average Bonchev–Trinajstić information content (AvgIpc) is 3.57. The third-order valence-corrected chi connectivity index (χ3v) is 13.7. The van der Waals surface area contributed by atoms with E-state index in [-0.39, 0.29) is 91.7 Å². The topological polar surface area (TPSA) is 149 Å². The molecule has 4 rings (SSSR count). The molecule has 0 radical (unpaired) electrons. The molecule has 0 N–H and O–H groups in total. The fraction of sp³-hybridized carbons (Fsp3) is 0.837. The monoisotopic (exact) mass is 1060 g/mol. The maximum atomic E-state index is 13.2. The van der Waals surface area contributed by atoms with E-state index in [2.05, 4.69) is 41.7 Å². The Bertz CT molecular complexity index is 1610. The van der Waals surface area contributed by atoms with Crippen molar-refractivity contribution in [1.29, 1.82) is 0 Å². The molecule has 0 bridgehead atoms. The molecular weight excluding hydrogens is 965 g/mol. The molecule has 4 aliphatic rings. The molecule has 14 nitrogen and oxygen atoms in total. The van der Waals surface area contributed by atoms with Crippen molar-refractivity contribution >= 4 is 66.9 Å². The molecular formula is C49H90B2BrN2NaO12S. The van der Waals surface area contributed by atoms with Gasteiger partial charge in [-0.3, -0.25) is 9.80 Å². The van der Waals surface area contributed by atoms with Crippen molar-refractivity contribution in [2.45, 2.75) is 213 Å².